The standard InChI is InChI=1S/C10H19N.C10H20O.C9H17F.C9H16N2.C9H18O.C7H13NO/c1-10(2,3)7-9(11-4)8-5-6-8;1-9(2,3)7-10(4,11)8-5-6-8;1-9(2,3)6-8(10)7-4-5-7;1-9(2,3)5-8-11-7-4-6-10-11;1-9(2,3)6-8(10)7-4-5-7;1-3-7(8-9-2)6-4-5-6/h8H,5-7H2,1-4H3;8,11H,5-7H2,1-4H3;7-8H,4-6H2,1-3H3;4,6-7H,5,8H2,1-3H3;7-8,10H,4-6H2,1-3H3;6H,3-5H2,1-2H3/b;;;;;8-7-. The van der Waals surface area contributed by atoms with E-state index in [1.165, 1.54) is 75.6 Å². The lowest BCUT2D eigenvalue weighted by Gasteiger charge is -2.31. The third kappa shape index (κ3) is 32.8. The summed E-state index contributed by atoms with van der Waals surface area (Å²) in [5.74, 6) is 3.24. The van der Waals surface area contributed by atoms with Crippen molar-refractivity contribution in [1.82, 2.24) is 9.78 Å². The summed E-state index contributed by atoms with van der Waals surface area (Å²) in [5, 5.41) is 27.6. The largest absolute Gasteiger partial charge is 0.399 e. The van der Waals surface area contributed by atoms with Gasteiger partial charge in [0.2, 0.25) is 0 Å². The van der Waals surface area contributed by atoms with E-state index in [9.17, 15) is 14.6 Å². The first-order valence-corrected chi connectivity index (χ1v) is 24.9. The number of aryl methyl sites for hydroxylation is 1. The lowest BCUT2D eigenvalue weighted by Crippen LogP contribution is -2.32. The van der Waals surface area contributed by atoms with E-state index in [0.717, 1.165) is 56.9 Å². The van der Waals surface area contributed by atoms with Crippen molar-refractivity contribution < 1.29 is 19.4 Å². The van der Waals surface area contributed by atoms with Crippen molar-refractivity contribution in [2.45, 2.75) is 245 Å². The van der Waals surface area contributed by atoms with Crippen LogP contribution in [0, 0.1) is 56.7 Å². The Morgan fingerprint density at radius 1 is 0.710 bits per heavy atom. The van der Waals surface area contributed by atoms with Crippen molar-refractivity contribution in [1.29, 1.82) is 0 Å². The Labute approximate surface area is 383 Å². The van der Waals surface area contributed by atoms with Gasteiger partial charge in [-0.05, 0) is 166 Å². The van der Waals surface area contributed by atoms with E-state index in [1.54, 1.807) is 7.11 Å². The molecule has 3 atom stereocenters. The van der Waals surface area contributed by atoms with Crippen molar-refractivity contribution in [3.8, 4) is 0 Å². The Bertz CT molecular complexity index is 1350. The van der Waals surface area contributed by atoms with Crippen LogP contribution in [0.1, 0.15) is 220 Å². The quantitative estimate of drug-likeness (QED) is 0.153. The van der Waals surface area contributed by atoms with Gasteiger partial charge >= 0.3 is 0 Å². The Morgan fingerprint density at radius 3 is 1.53 bits per heavy atom. The average molecular weight is 875 g/mol. The molecular formula is C54H103FN4O3. The second-order valence-electron chi connectivity index (χ2n) is 25.9. The monoisotopic (exact) mass is 875 g/mol. The highest BCUT2D eigenvalue weighted by molar-refractivity contribution is 5.89. The first-order chi connectivity index (χ1) is 28.3. The van der Waals surface area contributed by atoms with Gasteiger partial charge in [0, 0.05) is 37.6 Å². The number of alkyl halides is 1. The molecule has 1 aromatic heterocycles. The van der Waals surface area contributed by atoms with Gasteiger partial charge in [-0.15, -0.1) is 0 Å². The molecule has 364 valence electrons. The molecule has 5 aliphatic carbocycles. The average Bonchev–Trinajstić information content (AvgIpc) is 3.90. The fraction of sp³-hybridized carbons (Fsp3) is 0.907. The van der Waals surface area contributed by atoms with Crippen LogP contribution < -0.4 is 0 Å². The fourth-order valence-electron chi connectivity index (χ4n) is 7.62. The van der Waals surface area contributed by atoms with Crippen LogP contribution >= 0.6 is 0 Å². The molecule has 0 amide bonds. The molecule has 0 aliphatic heterocycles. The van der Waals surface area contributed by atoms with Gasteiger partial charge in [-0.3, -0.25) is 9.67 Å². The lowest BCUT2D eigenvalue weighted by atomic mass is 9.80. The van der Waals surface area contributed by atoms with E-state index in [1.807, 2.05) is 37.1 Å². The van der Waals surface area contributed by atoms with Crippen LogP contribution in [0.2, 0.25) is 0 Å². The summed E-state index contributed by atoms with van der Waals surface area (Å²) >= 11 is 0. The molecular weight excluding hydrogens is 772 g/mol. The smallest absolute Gasteiger partial charge is 0.106 e. The first-order valence-electron chi connectivity index (χ1n) is 24.9. The number of hydrogen-bond donors (Lipinski definition) is 2. The summed E-state index contributed by atoms with van der Waals surface area (Å²) < 4.78 is 15.1. The van der Waals surface area contributed by atoms with Gasteiger partial charge in [-0.1, -0.05) is 116 Å². The number of oxime groups is 1. The predicted octanol–water partition coefficient (Wildman–Crippen LogP) is 15.0. The molecule has 3 unspecified atom stereocenters. The Morgan fingerprint density at radius 2 is 1.21 bits per heavy atom. The molecule has 0 aromatic carbocycles. The van der Waals surface area contributed by atoms with Crippen molar-refractivity contribution >= 4 is 11.4 Å². The minimum atomic E-state index is -0.528. The maximum atomic E-state index is 13.1. The normalized spacial score (nSPS) is 20.4. The lowest BCUT2D eigenvalue weighted by molar-refractivity contribution is -0.00128. The highest BCUT2D eigenvalue weighted by Crippen LogP contribution is 2.45. The van der Waals surface area contributed by atoms with E-state index in [-0.39, 0.29) is 16.9 Å². The van der Waals surface area contributed by atoms with Crippen LogP contribution in [0.25, 0.3) is 0 Å². The van der Waals surface area contributed by atoms with E-state index in [0.29, 0.717) is 34.0 Å². The third-order valence-electron chi connectivity index (χ3n) is 11.6. The Hall–Kier alpha value is -1.80. The van der Waals surface area contributed by atoms with Crippen LogP contribution in [0.4, 0.5) is 4.39 Å². The van der Waals surface area contributed by atoms with Crippen LogP contribution in [-0.2, 0) is 11.4 Å². The number of aliphatic hydroxyl groups excluding tert-OH is 1. The molecule has 0 spiro atoms. The molecule has 0 radical (unpaired) electrons. The molecule has 5 fully saturated rings. The maximum absolute atomic E-state index is 13.1. The van der Waals surface area contributed by atoms with Crippen molar-refractivity contribution in [2.75, 3.05) is 14.2 Å². The molecule has 6 rings (SSSR count). The van der Waals surface area contributed by atoms with Crippen LogP contribution in [0.3, 0.4) is 0 Å². The van der Waals surface area contributed by atoms with Gasteiger partial charge in [0.1, 0.15) is 13.3 Å². The zero-order valence-corrected chi connectivity index (χ0v) is 44.3. The third-order valence-corrected chi connectivity index (χ3v) is 11.6. The molecule has 0 saturated heterocycles. The molecule has 0 bridgehead atoms. The van der Waals surface area contributed by atoms with Gasteiger partial charge in [0.05, 0.1) is 17.4 Å². The molecule has 5 saturated carbocycles. The number of halogens is 1. The van der Waals surface area contributed by atoms with Crippen LogP contribution in [0.5, 0.6) is 0 Å². The summed E-state index contributed by atoms with van der Waals surface area (Å²) in [6, 6.07) is 1.96. The summed E-state index contributed by atoms with van der Waals surface area (Å²) in [6.07, 6.45) is 21.8. The molecule has 2 N–H and O–H groups in total. The van der Waals surface area contributed by atoms with Crippen molar-refractivity contribution in [2.24, 2.45) is 66.8 Å². The van der Waals surface area contributed by atoms with Crippen molar-refractivity contribution in [3.63, 3.8) is 0 Å². The number of aromatic nitrogens is 2. The second-order valence-corrected chi connectivity index (χ2v) is 25.9. The van der Waals surface area contributed by atoms with E-state index in [4.69, 9.17) is 0 Å². The van der Waals surface area contributed by atoms with Gasteiger partial charge in [0.25, 0.3) is 0 Å². The summed E-state index contributed by atoms with van der Waals surface area (Å²) in [7, 11) is 3.54. The highest BCUT2D eigenvalue weighted by atomic mass is 19.1. The number of hydrogen-bond acceptors (Lipinski definition) is 6. The molecule has 7 nitrogen and oxygen atoms in total. The molecule has 1 heterocycles. The topological polar surface area (TPSA) is 92.2 Å². The van der Waals surface area contributed by atoms with Crippen molar-refractivity contribution in [3.05, 3.63) is 18.5 Å². The van der Waals surface area contributed by atoms with Crippen LogP contribution in [-0.4, -0.2) is 63.5 Å². The number of rotatable bonds is 13. The SMILES string of the molecule is CC(C)(C)CC(C)(O)C1CC1.CC(C)(C)CC(F)C1CC1.CC(C)(C)CC(O)C1CC1.CC(C)(C)CCn1cccn1.CC/C(=N/OC)C1CC1.CN=C(CC(C)(C)C)C1CC1. The zero-order chi connectivity index (χ0) is 47.7. The number of aliphatic hydroxyl groups is 2. The highest BCUT2D eigenvalue weighted by Gasteiger charge is 2.42. The second kappa shape index (κ2) is 25.8. The molecule has 5 aliphatic rings. The van der Waals surface area contributed by atoms with Gasteiger partial charge in [-0.25, -0.2) is 4.39 Å². The number of aliphatic imine (C=N–C) groups is 1. The molecule has 62 heavy (non-hydrogen) atoms. The minimum Gasteiger partial charge on any atom is -0.399 e. The van der Waals surface area contributed by atoms with Gasteiger partial charge in [0.15, 0.2) is 0 Å². The first kappa shape index (κ1) is 58.2. The van der Waals surface area contributed by atoms with Gasteiger partial charge < -0.3 is 15.1 Å². The fourth-order valence-corrected chi connectivity index (χ4v) is 7.62. The van der Waals surface area contributed by atoms with E-state index < -0.39 is 11.8 Å². The Kier molecular flexibility index (Phi) is 24.2. The maximum Gasteiger partial charge on any atom is 0.106 e. The predicted molar refractivity (Wildman–Crippen MR) is 266 cm³/mol. The number of nitrogens with zero attached hydrogens (tertiary/aromatic N) is 4. The van der Waals surface area contributed by atoms with Gasteiger partial charge in [-0.2, -0.15) is 5.10 Å². The molecule has 8 heteroatoms. The summed E-state index contributed by atoms with van der Waals surface area (Å²) in [6.45, 7) is 38.1. The molecule has 1 aromatic rings. The van der Waals surface area contributed by atoms with E-state index >= 15 is 0 Å². The van der Waals surface area contributed by atoms with Crippen LogP contribution in [0.15, 0.2) is 28.6 Å². The minimum absolute atomic E-state index is 0.0278. The summed E-state index contributed by atoms with van der Waals surface area (Å²) in [4.78, 5) is 9.04. The Balaban J connectivity index is 0.000000372. The summed E-state index contributed by atoms with van der Waals surface area (Å²) in [5.41, 5.74) is 3.81. The zero-order valence-electron chi connectivity index (χ0n) is 44.3. The van der Waals surface area contributed by atoms with E-state index in [2.05, 4.69) is 131 Å².